The Morgan fingerprint density at radius 3 is 2.86 bits per heavy atom. The summed E-state index contributed by atoms with van der Waals surface area (Å²) >= 11 is 0. The summed E-state index contributed by atoms with van der Waals surface area (Å²) in [7, 11) is 0. The summed E-state index contributed by atoms with van der Waals surface area (Å²) < 4.78 is 10.1. The van der Waals surface area contributed by atoms with Crippen LogP contribution in [0.4, 0.5) is 0 Å². The molecule has 1 aliphatic heterocycles. The third-order valence-corrected chi connectivity index (χ3v) is 1.95. The van der Waals surface area contributed by atoms with Gasteiger partial charge in [-0.3, -0.25) is 0 Å². The van der Waals surface area contributed by atoms with E-state index in [2.05, 4.69) is 4.99 Å². The van der Waals surface area contributed by atoms with Crippen LogP contribution in [0.25, 0.3) is 0 Å². The third-order valence-electron chi connectivity index (χ3n) is 1.95. The van der Waals surface area contributed by atoms with Crippen LogP contribution in [0.3, 0.4) is 0 Å². The second-order valence-corrected chi connectivity index (χ2v) is 4.08. The molecule has 0 bridgehead atoms. The molecule has 0 fully saturated rings. The van der Waals surface area contributed by atoms with Crippen molar-refractivity contribution in [3.05, 3.63) is 0 Å². The first-order chi connectivity index (χ1) is 6.44. The van der Waals surface area contributed by atoms with Crippen molar-refractivity contribution in [3.8, 4) is 0 Å². The van der Waals surface area contributed by atoms with E-state index in [0.717, 1.165) is 6.42 Å². The van der Waals surface area contributed by atoms with E-state index in [1.54, 1.807) is 6.92 Å². The summed E-state index contributed by atoms with van der Waals surface area (Å²) in [6, 6.07) is 0. The van der Waals surface area contributed by atoms with Gasteiger partial charge < -0.3 is 9.47 Å². The molecule has 4 nitrogen and oxygen atoms in total. The number of ether oxygens (including phenoxy) is 2. The van der Waals surface area contributed by atoms with E-state index in [1.165, 1.54) is 0 Å². The number of esters is 1. The van der Waals surface area contributed by atoms with Crippen molar-refractivity contribution in [1.29, 1.82) is 0 Å². The highest BCUT2D eigenvalue weighted by Gasteiger charge is 2.31. The van der Waals surface area contributed by atoms with E-state index in [0.29, 0.717) is 6.61 Å². The van der Waals surface area contributed by atoms with Gasteiger partial charge in [-0.1, -0.05) is 0 Å². The van der Waals surface area contributed by atoms with Gasteiger partial charge in [0.1, 0.15) is 6.10 Å². The SMILES string of the molecule is CCOC(=O)C1=NC(C)(C)CC(C)O1. The lowest BCUT2D eigenvalue weighted by Gasteiger charge is -2.30. The van der Waals surface area contributed by atoms with Crippen LogP contribution >= 0.6 is 0 Å². The normalized spacial score (nSPS) is 24.9. The monoisotopic (exact) mass is 199 g/mol. The first kappa shape index (κ1) is 11.0. The first-order valence-corrected chi connectivity index (χ1v) is 4.88. The third kappa shape index (κ3) is 2.72. The molecule has 0 N–H and O–H groups in total. The Kier molecular flexibility index (Phi) is 3.13. The highest BCUT2D eigenvalue weighted by Crippen LogP contribution is 2.23. The van der Waals surface area contributed by atoms with Crippen LogP contribution in [0.5, 0.6) is 0 Å². The predicted octanol–water partition coefficient (Wildman–Crippen LogP) is 1.54. The lowest BCUT2D eigenvalue weighted by molar-refractivity contribution is -0.137. The fourth-order valence-corrected chi connectivity index (χ4v) is 1.57. The summed E-state index contributed by atoms with van der Waals surface area (Å²) in [5, 5.41) is 0. The smallest absolute Gasteiger partial charge is 0.393 e. The number of aliphatic imine (C=N–C) groups is 1. The number of rotatable bonds is 2. The van der Waals surface area contributed by atoms with Crippen molar-refractivity contribution in [2.45, 2.75) is 45.8 Å². The van der Waals surface area contributed by atoms with Crippen LogP contribution in [0, 0.1) is 0 Å². The zero-order chi connectivity index (χ0) is 10.8. The molecule has 0 radical (unpaired) electrons. The number of carbonyl (C=O) groups excluding carboxylic acids is 1. The van der Waals surface area contributed by atoms with E-state index < -0.39 is 5.97 Å². The van der Waals surface area contributed by atoms with Crippen molar-refractivity contribution >= 4 is 11.9 Å². The fraction of sp³-hybridized carbons (Fsp3) is 0.800. The van der Waals surface area contributed by atoms with Gasteiger partial charge in [-0.2, -0.15) is 0 Å². The minimum Gasteiger partial charge on any atom is -0.470 e. The largest absolute Gasteiger partial charge is 0.470 e. The molecule has 1 unspecified atom stereocenters. The van der Waals surface area contributed by atoms with E-state index in [4.69, 9.17) is 9.47 Å². The molecule has 0 aromatic carbocycles. The van der Waals surface area contributed by atoms with Gasteiger partial charge in [-0.15, -0.1) is 0 Å². The van der Waals surface area contributed by atoms with E-state index in [1.807, 2.05) is 20.8 Å². The Balaban J connectivity index is 2.77. The number of hydrogen-bond acceptors (Lipinski definition) is 4. The fourth-order valence-electron chi connectivity index (χ4n) is 1.57. The van der Waals surface area contributed by atoms with Crippen LogP contribution in [0.2, 0.25) is 0 Å². The lowest BCUT2D eigenvalue weighted by atomic mass is 9.97. The molecule has 1 rings (SSSR count). The molecule has 0 saturated heterocycles. The van der Waals surface area contributed by atoms with Gasteiger partial charge in [-0.05, 0) is 27.7 Å². The van der Waals surface area contributed by atoms with Crippen LogP contribution in [0.1, 0.15) is 34.1 Å². The van der Waals surface area contributed by atoms with Crippen molar-refractivity contribution in [2.24, 2.45) is 4.99 Å². The number of hydrogen-bond donors (Lipinski definition) is 0. The zero-order valence-electron chi connectivity index (χ0n) is 9.16. The minimum atomic E-state index is -0.466. The summed E-state index contributed by atoms with van der Waals surface area (Å²) in [5.41, 5.74) is -0.236. The van der Waals surface area contributed by atoms with E-state index >= 15 is 0 Å². The van der Waals surface area contributed by atoms with E-state index in [9.17, 15) is 4.79 Å². The summed E-state index contributed by atoms with van der Waals surface area (Å²) in [6.07, 6.45) is 0.831. The maximum atomic E-state index is 11.4. The minimum absolute atomic E-state index is 0.0157. The molecular weight excluding hydrogens is 182 g/mol. The Bertz CT molecular complexity index is 258. The molecule has 0 saturated carbocycles. The molecule has 0 amide bonds. The van der Waals surface area contributed by atoms with Crippen molar-refractivity contribution in [2.75, 3.05) is 6.61 Å². The molecule has 4 heteroatoms. The van der Waals surface area contributed by atoms with Gasteiger partial charge in [-0.25, -0.2) is 9.79 Å². The second kappa shape index (κ2) is 3.98. The first-order valence-electron chi connectivity index (χ1n) is 4.88. The Morgan fingerprint density at radius 2 is 2.36 bits per heavy atom. The highest BCUT2D eigenvalue weighted by atomic mass is 16.6. The number of nitrogens with zero attached hydrogens (tertiary/aromatic N) is 1. The number of carbonyl (C=O) groups is 1. The average molecular weight is 199 g/mol. The van der Waals surface area contributed by atoms with Gasteiger partial charge in [0.2, 0.25) is 0 Å². The maximum Gasteiger partial charge on any atom is 0.393 e. The van der Waals surface area contributed by atoms with Crippen LogP contribution < -0.4 is 0 Å². The average Bonchev–Trinajstić information content (AvgIpc) is 2.00. The van der Waals surface area contributed by atoms with Crippen molar-refractivity contribution < 1.29 is 14.3 Å². The topological polar surface area (TPSA) is 47.9 Å². The maximum absolute atomic E-state index is 11.4. The molecule has 1 atom stereocenters. The van der Waals surface area contributed by atoms with Crippen molar-refractivity contribution in [1.82, 2.24) is 0 Å². The molecule has 0 aromatic heterocycles. The summed E-state index contributed by atoms with van der Waals surface area (Å²) in [6.45, 7) is 7.98. The van der Waals surface area contributed by atoms with Crippen molar-refractivity contribution in [3.63, 3.8) is 0 Å². The molecule has 1 heterocycles. The van der Waals surface area contributed by atoms with Gasteiger partial charge in [0, 0.05) is 6.42 Å². The molecule has 1 aliphatic rings. The predicted molar refractivity (Wildman–Crippen MR) is 53.3 cm³/mol. The van der Waals surface area contributed by atoms with Gasteiger partial charge in [0.15, 0.2) is 0 Å². The highest BCUT2D eigenvalue weighted by molar-refractivity contribution is 6.32. The van der Waals surface area contributed by atoms with Crippen LogP contribution in [-0.2, 0) is 14.3 Å². The second-order valence-electron chi connectivity index (χ2n) is 4.08. The van der Waals surface area contributed by atoms with Crippen LogP contribution in [0.15, 0.2) is 4.99 Å². The Hall–Kier alpha value is -1.06. The van der Waals surface area contributed by atoms with Crippen LogP contribution in [-0.4, -0.2) is 30.1 Å². The zero-order valence-corrected chi connectivity index (χ0v) is 9.16. The Labute approximate surface area is 84.3 Å². The lowest BCUT2D eigenvalue weighted by Crippen LogP contribution is -2.37. The molecule has 0 spiro atoms. The molecule has 14 heavy (non-hydrogen) atoms. The summed E-state index contributed by atoms with van der Waals surface area (Å²) in [4.78, 5) is 15.6. The van der Waals surface area contributed by atoms with Gasteiger partial charge in [0.25, 0.3) is 5.90 Å². The summed E-state index contributed by atoms with van der Waals surface area (Å²) in [5.74, 6) is -0.359. The quantitative estimate of drug-likeness (QED) is 0.634. The Morgan fingerprint density at radius 1 is 1.71 bits per heavy atom. The van der Waals surface area contributed by atoms with Gasteiger partial charge >= 0.3 is 5.97 Å². The van der Waals surface area contributed by atoms with Gasteiger partial charge in [0.05, 0.1) is 12.1 Å². The molecule has 0 aliphatic carbocycles. The standard InChI is InChI=1S/C10H17NO3/c1-5-13-9(12)8-11-10(3,4)6-7(2)14-8/h7H,5-6H2,1-4H3. The molecule has 80 valence electrons. The molecule has 0 aromatic rings. The van der Waals surface area contributed by atoms with E-state index in [-0.39, 0.29) is 17.5 Å². The molecular formula is C10H17NO3.